The van der Waals surface area contributed by atoms with Crippen LogP contribution in [0, 0.1) is 5.41 Å². The average molecular weight is 158 g/mol. The van der Waals surface area contributed by atoms with Crippen LogP contribution < -0.4 is 0 Å². The van der Waals surface area contributed by atoms with Crippen molar-refractivity contribution in [2.75, 3.05) is 0 Å². The number of Topliss-reactive ketones (excluding diaryl/α,β-unsaturated/α-hetero) is 1. The normalized spacial score (nSPS) is 14.6. The van der Waals surface area contributed by atoms with Gasteiger partial charge in [0.05, 0.1) is 6.10 Å². The lowest BCUT2D eigenvalue weighted by Gasteiger charge is -2.24. The molecule has 0 saturated heterocycles. The van der Waals surface area contributed by atoms with Crippen molar-refractivity contribution in [2.24, 2.45) is 5.41 Å². The molecule has 0 aromatic heterocycles. The molecule has 1 atom stereocenters. The van der Waals surface area contributed by atoms with Crippen LogP contribution >= 0.6 is 0 Å². The number of hydrogen-bond acceptors (Lipinski definition) is 2. The van der Waals surface area contributed by atoms with Crippen molar-refractivity contribution >= 4 is 5.78 Å². The van der Waals surface area contributed by atoms with Gasteiger partial charge >= 0.3 is 0 Å². The van der Waals surface area contributed by atoms with Gasteiger partial charge in [0.2, 0.25) is 0 Å². The number of carbonyl (C=O) groups is 1. The zero-order chi connectivity index (χ0) is 9.07. The Labute approximate surface area is 68.6 Å². The molecule has 0 bridgehead atoms. The molecular formula is C9H18O2. The first-order chi connectivity index (χ1) is 4.88. The topological polar surface area (TPSA) is 37.3 Å². The summed E-state index contributed by atoms with van der Waals surface area (Å²) in [5.41, 5.74) is -0.176. The van der Waals surface area contributed by atoms with Gasteiger partial charge < -0.3 is 5.11 Å². The van der Waals surface area contributed by atoms with E-state index in [0.29, 0.717) is 12.8 Å². The first-order valence-electron chi connectivity index (χ1n) is 4.07. The van der Waals surface area contributed by atoms with Crippen molar-refractivity contribution in [3.8, 4) is 0 Å². The van der Waals surface area contributed by atoms with Gasteiger partial charge in [0, 0.05) is 12.8 Å². The van der Waals surface area contributed by atoms with Crippen molar-refractivity contribution in [2.45, 2.75) is 46.6 Å². The second kappa shape index (κ2) is 3.86. The molecule has 0 radical (unpaired) electrons. The number of aliphatic hydroxyl groups is 1. The molecule has 0 heterocycles. The van der Waals surface area contributed by atoms with E-state index in [9.17, 15) is 9.90 Å². The maximum Gasteiger partial charge on any atom is 0.135 e. The molecule has 1 N–H and O–H groups in total. The van der Waals surface area contributed by atoms with Gasteiger partial charge in [-0.05, 0) is 5.41 Å². The van der Waals surface area contributed by atoms with Crippen molar-refractivity contribution in [3.05, 3.63) is 0 Å². The first-order valence-corrected chi connectivity index (χ1v) is 4.07. The van der Waals surface area contributed by atoms with Crippen molar-refractivity contribution < 1.29 is 9.90 Å². The Morgan fingerprint density at radius 3 is 2.18 bits per heavy atom. The highest BCUT2D eigenvalue weighted by Gasteiger charge is 2.23. The maximum atomic E-state index is 10.9. The highest BCUT2D eigenvalue weighted by molar-refractivity contribution is 5.78. The second-order valence-electron chi connectivity index (χ2n) is 3.98. The molecule has 1 unspecified atom stereocenters. The van der Waals surface area contributed by atoms with Crippen LogP contribution in [0.4, 0.5) is 0 Å². The summed E-state index contributed by atoms with van der Waals surface area (Å²) in [6.07, 6.45) is 0.308. The van der Waals surface area contributed by atoms with E-state index in [4.69, 9.17) is 0 Å². The molecule has 11 heavy (non-hydrogen) atoms. The summed E-state index contributed by atoms with van der Waals surface area (Å²) in [6, 6.07) is 0. The Hall–Kier alpha value is -0.370. The Morgan fingerprint density at radius 2 is 1.91 bits per heavy atom. The highest BCUT2D eigenvalue weighted by atomic mass is 16.3. The summed E-state index contributed by atoms with van der Waals surface area (Å²) >= 11 is 0. The first kappa shape index (κ1) is 10.6. The lowest BCUT2D eigenvalue weighted by Crippen LogP contribution is -2.28. The molecule has 0 saturated carbocycles. The largest absolute Gasteiger partial charge is 0.392 e. The monoisotopic (exact) mass is 158 g/mol. The van der Waals surface area contributed by atoms with Crippen LogP contribution in [0.2, 0.25) is 0 Å². The molecule has 0 aliphatic heterocycles. The summed E-state index contributed by atoms with van der Waals surface area (Å²) in [5.74, 6) is 0.132. The summed E-state index contributed by atoms with van der Waals surface area (Å²) in [7, 11) is 0. The van der Waals surface area contributed by atoms with Gasteiger partial charge in [0.25, 0.3) is 0 Å². The third kappa shape index (κ3) is 4.14. The predicted molar refractivity (Wildman–Crippen MR) is 45.4 cm³/mol. The molecule has 2 nitrogen and oxygen atoms in total. The molecular weight excluding hydrogens is 140 g/mol. The van der Waals surface area contributed by atoms with Crippen LogP contribution in [0.5, 0.6) is 0 Å². The Bertz CT molecular complexity index is 133. The van der Waals surface area contributed by atoms with E-state index in [1.807, 2.05) is 27.7 Å². The maximum absolute atomic E-state index is 10.9. The molecule has 0 aromatic carbocycles. The van der Waals surface area contributed by atoms with Crippen LogP contribution in [0.15, 0.2) is 0 Å². The quantitative estimate of drug-likeness (QED) is 0.679. The molecule has 2 heteroatoms. The van der Waals surface area contributed by atoms with Gasteiger partial charge in [0.1, 0.15) is 5.78 Å². The fraction of sp³-hybridized carbons (Fsp3) is 0.889. The van der Waals surface area contributed by atoms with Crippen LogP contribution in [0.3, 0.4) is 0 Å². The molecule has 0 spiro atoms. The fourth-order valence-corrected chi connectivity index (χ4v) is 0.666. The number of carbonyl (C=O) groups excluding carboxylic acids is 1. The number of aliphatic hydroxyl groups excluding tert-OH is 1. The SMILES string of the molecule is CCC(=O)CC(O)C(C)(C)C. The Morgan fingerprint density at radius 1 is 1.45 bits per heavy atom. The van der Waals surface area contributed by atoms with Crippen molar-refractivity contribution in [1.29, 1.82) is 0 Å². The minimum atomic E-state index is -0.505. The van der Waals surface area contributed by atoms with E-state index in [2.05, 4.69) is 0 Å². The summed E-state index contributed by atoms with van der Waals surface area (Å²) in [5, 5.41) is 9.47. The van der Waals surface area contributed by atoms with Gasteiger partial charge in [-0.25, -0.2) is 0 Å². The molecule has 66 valence electrons. The van der Waals surface area contributed by atoms with Gasteiger partial charge in [0.15, 0.2) is 0 Å². The van der Waals surface area contributed by atoms with Crippen LogP contribution in [-0.4, -0.2) is 17.0 Å². The third-order valence-corrected chi connectivity index (χ3v) is 1.82. The molecule has 0 rings (SSSR count). The molecule has 0 amide bonds. The van der Waals surface area contributed by atoms with Crippen molar-refractivity contribution in [3.63, 3.8) is 0 Å². The van der Waals surface area contributed by atoms with Gasteiger partial charge in [-0.3, -0.25) is 4.79 Å². The fourth-order valence-electron chi connectivity index (χ4n) is 0.666. The van der Waals surface area contributed by atoms with Crippen LogP contribution in [0.25, 0.3) is 0 Å². The van der Waals surface area contributed by atoms with E-state index in [1.54, 1.807) is 0 Å². The predicted octanol–water partition coefficient (Wildman–Crippen LogP) is 1.76. The number of ketones is 1. The zero-order valence-electron chi connectivity index (χ0n) is 7.85. The summed E-state index contributed by atoms with van der Waals surface area (Å²) in [4.78, 5) is 10.9. The van der Waals surface area contributed by atoms with Gasteiger partial charge in [-0.15, -0.1) is 0 Å². The van der Waals surface area contributed by atoms with E-state index in [-0.39, 0.29) is 11.2 Å². The highest BCUT2D eigenvalue weighted by Crippen LogP contribution is 2.21. The van der Waals surface area contributed by atoms with Crippen LogP contribution in [0.1, 0.15) is 40.5 Å². The summed E-state index contributed by atoms with van der Waals surface area (Å²) < 4.78 is 0. The third-order valence-electron chi connectivity index (χ3n) is 1.82. The molecule has 0 aliphatic rings. The van der Waals surface area contributed by atoms with Crippen LogP contribution in [-0.2, 0) is 4.79 Å². The second-order valence-corrected chi connectivity index (χ2v) is 3.98. The Balaban J connectivity index is 3.87. The molecule has 0 fully saturated rings. The lowest BCUT2D eigenvalue weighted by molar-refractivity contribution is -0.122. The Kier molecular flexibility index (Phi) is 3.73. The standard InChI is InChI=1S/C9H18O2/c1-5-7(10)6-8(11)9(2,3)4/h8,11H,5-6H2,1-4H3. The zero-order valence-corrected chi connectivity index (χ0v) is 7.85. The van der Waals surface area contributed by atoms with Gasteiger partial charge in [-0.1, -0.05) is 27.7 Å². The number of hydrogen-bond donors (Lipinski definition) is 1. The van der Waals surface area contributed by atoms with E-state index >= 15 is 0 Å². The number of rotatable bonds is 3. The van der Waals surface area contributed by atoms with Gasteiger partial charge in [-0.2, -0.15) is 0 Å². The van der Waals surface area contributed by atoms with Crippen molar-refractivity contribution in [1.82, 2.24) is 0 Å². The lowest BCUT2D eigenvalue weighted by atomic mass is 9.86. The van der Waals surface area contributed by atoms with E-state index in [1.165, 1.54) is 0 Å². The minimum Gasteiger partial charge on any atom is -0.392 e. The van der Waals surface area contributed by atoms with E-state index < -0.39 is 6.10 Å². The average Bonchev–Trinajstić information content (AvgIpc) is 1.85. The summed E-state index contributed by atoms with van der Waals surface area (Å²) in [6.45, 7) is 7.61. The van der Waals surface area contributed by atoms with E-state index in [0.717, 1.165) is 0 Å². The molecule has 0 aliphatic carbocycles. The molecule has 0 aromatic rings. The minimum absolute atomic E-state index is 0.132. The smallest absolute Gasteiger partial charge is 0.135 e.